The second-order valence-corrected chi connectivity index (χ2v) is 16.1. The monoisotopic (exact) mass is 820 g/mol. The van der Waals surface area contributed by atoms with Crippen LogP contribution in [0.5, 0.6) is 5.75 Å². The highest BCUT2D eigenvalue weighted by atomic mass is 35.5. The van der Waals surface area contributed by atoms with Crippen LogP contribution in [0.1, 0.15) is 52.0 Å². The fraction of sp³-hybridized carbons (Fsp3) is 0.316. The number of nitrogens with zero attached hydrogens (tertiary/aromatic N) is 4. The van der Waals surface area contributed by atoms with Gasteiger partial charge in [0.2, 0.25) is 17.8 Å². The van der Waals surface area contributed by atoms with Gasteiger partial charge in [0, 0.05) is 58.1 Å². The summed E-state index contributed by atoms with van der Waals surface area (Å²) >= 11 is 6.44. The van der Waals surface area contributed by atoms with Gasteiger partial charge < -0.3 is 34.6 Å². The summed E-state index contributed by atoms with van der Waals surface area (Å²) < 4.78 is 44.5. The molecule has 57 heavy (non-hydrogen) atoms. The topological polar surface area (TPSA) is 193 Å². The molecule has 0 bridgehead atoms. The van der Waals surface area contributed by atoms with Crippen LogP contribution in [0.2, 0.25) is 5.02 Å². The van der Waals surface area contributed by atoms with Gasteiger partial charge in [0.15, 0.2) is 5.82 Å². The Morgan fingerprint density at radius 3 is 2.42 bits per heavy atom. The average Bonchev–Trinajstić information content (AvgIpc) is 3.47. The number of fused-ring (bicyclic) bond motifs is 1. The molecular weight excluding hydrogens is 782 g/mol. The fourth-order valence-electron chi connectivity index (χ4n) is 7.14. The first kappa shape index (κ1) is 39.8. The van der Waals surface area contributed by atoms with Gasteiger partial charge in [-0.1, -0.05) is 23.7 Å². The number of para-hydroxylation sites is 1. The largest absolute Gasteiger partial charge is 0.494 e. The number of hydrogen-bond donors (Lipinski definition) is 4. The van der Waals surface area contributed by atoms with Gasteiger partial charge in [0.05, 0.1) is 41.1 Å². The van der Waals surface area contributed by atoms with E-state index in [1.54, 1.807) is 31.4 Å². The highest BCUT2D eigenvalue weighted by Crippen LogP contribution is 2.47. The molecule has 4 aromatic rings. The van der Waals surface area contributed by atoms with Crippen molar-refractivity contribution in [3.8, 4) is 5.75 Å². The SMILES string of the molecule is COc1cc(N2CCC(NCc3cc(F)c4c(c3)C(=O)N(C3CCC(=O)NC3=O)C4=O)CC2)ccc1Nc1ncc(Cl)c(Nc2ccccc2P(=O)(OC)OC)n1. The number of methoxy groups -OCH3 is 1. The Labute approximate surface area is 332 Å². The van der Waals surface area contributed by atoms with E-state index in [-0.39, 0.29) is 53.3 Å². The Morgan fingerprint density at radius 2 is 1.70 bits per heavy atom. The minimum absolute atomic E-state index is 0.00848. The molecule has 3 aromatic carbocycles. The number of carbonyl (C=O) groups is 4. The van der Waals surface area contributed by atoms with Crippen molar-refractivity contribution in [1.82, 2.24) is 25.5 Å². The van der Waals surface area contributed by atoms with E-state index in [0.29, 0.717) is 28.0 Å². The number of carbonyl (C=O) groups excluding carboxylic acids is 4. The summed E-state index contributed by atoms with van der Waals surface area (Å²) in [5, 5.41) is 12.4. The second kappa shape index (κ2) is 16.6. The third kappa shape index (κ3) is 8.06. The minimum atomic E-state index is -3.59. The Morgan fingerprint density at radius 1 is 0.947 bits per heavy atom. The van der Waals surface area contributed by atoms with Gasteiger partial charge in [0.25, 0.3) is 11.8 Å². The summed E-state index contributed by atoms with van der Waals surface area (Å²) in [4.78, 5) is 62.1. The zero-order valence-electron chi connectivity index (χ0n) is 31.1. The molecule has 7 rings (SSSR count). The number of nitrogens with one attached hydrogen (secondary N) is 4. The maximum atomic E-state index is 15.2. The van der Waals surface area contributed by atoms with Crippen molar-refractivity contribution in [2.45, 2.75) is 44.3 Å². The molecule has 4 N–H and O–H groups in total. The van der Waals surface area contributed by atoms with E-state index in [2.05, 4.69) is 36.1 Å². The fourth-order valence-corrected chi connectivity index (χ4v) is 8.52. The lowest BCUT2D eigenvalue weighted by molar-refractivity contribution is -0.136. The molecule has 1 atom stereocenters. The number of benzene rings is 3. The summed E-state index contributed by atoms with van der Waals surface area (Å²) in [6.07, 6.45) is 2.96. The summed E-state index contributed by atoms with van der Waals surface area (Å²) in [7, 11) is 0.586. The molecule has 2 saturated heterocycles. The van der Waals surface area contributed by atoms with Gasteiger partial charge in [-0.25, -0.2) is 9.37 Å². The van der Waals surface area contributed by atoms with Crippen molar-refractivity contribution in [3.05, 3.63) is 88.3 Å². The number of anilines is 5. The Bertz CT molecular complexity index is 2300. The molecule has 1 unspecified atom stereocenters. The molecule has 4 heterocycles. The van der Waals surface area contributed by atoms with Crippen LogP contribution in [0.3, 0.4) is 0 Å². The van der Waals surface area contributed by atoms with Gasteiger partial charge in [-0.05, 0) is 61.2 Å². The molecule has 0 saturated carbocycles. The third-order valence-electron chi connectivity index (χ3n) is 10.1. The van der Waals surface area contributed by atoms with Crippen LogP contribution in [0.4, 0.5) is 33.2 Å². The van der Waals surface area contributed by atoms with Crippen LogP contribution in [0, 0.1) is 5.82 Å². The van der Waals surface area contributed by atoms with Crippen LogP contribution in [0.25, 0.3) is 0 Å². The first-order chi connectivity index (χ1) is 27.4. The average molecular weight is 821 g/mol. The van der Waals surface area contributed by atoms with E-state index < -0.39 is 43.1 Å². The summed E-state index contributed by atoms with van der Waals surface area (Å²) in [6, 6.07) is 14.2. The zero-order chi connectivity index (χ0) is 40.4. The molecule has 0 aliphatic carbocycles. The van der Waals surface area contributed by atoms with E-state index in [9.17, 15) is 23.7 Å². The van der Waals surface area contributed by atoms with Crippen LogP contribution in [-0.2, 0) is 29.7 Å². The van der Waals surface area contributed by atoms with Gasteiger partial charge >= 0.3 is 7.60 Å². The standard InChI is InChI=1S/C38H39ClFN8O8P/c1-54-30-18-23(8-9-27(30)44-38-42-20-25(39)34(46-38)43-28-6-4-5-7-31(28)57(53,55-2)56-3)47-14-12-22(13-15-47)41-19-21-16-24-33(26(40)17-21)37(52)48(36(24)51)29-10-11-32(49)45-35(29)50/h4-9,16-18,20,22,29,41H,10-15,19H2,1-3H3,(H,45,49,50)(H2,42,43,44,46). The maximum absolute atomic E-state index is 15.2. The van der Waals surface area contributed by atoms with E-state index in [1.807, 2.05) is 18.2 Å². The molecule has 3 aliphatic heterocycles. The smallest absolute Gasteiger partial charge is 0.362 e. The lowest BCUT2D eigenvalue weighted by Crippen LogP contribution is -2.54. The Hall–Kier alpha value is -5.45. The van der Waals surface area contributed by atoms with E-state index >= 15 is 4.39 Å². The zero-order valence-corrected chi connectivity index (χ0v) is 32.8. The molecule has 2 fully saturated rings. The van der Waals surface area contributed by atoms with Crippen molar-refractivity contribution in [2.75, 3.05) is 50.0 Å². The van der Waals surface area contributed by atoms with E-state index in [1.165, 1.54) is 32.5 Å². The molecule has 298 valence electrons. The molecule has 3 aliphatic rings. The highest BCUT2D eigenvalue weighted by molar-refractivity contribution is 7.62. The normalized spacial score (nSPS) is 17.5. The van der Waals surface area contributed by atoms with Crippen LogP contribution >= 0.6 is 19.2 Å². The number of ether oxygens (including phenoxy) is 1. The second-order valence-electron chi connectivity index (χ2n) is 13.5. The number of amides is 4. The molecule has 16 nitrogen and oxygen atoms in total. The van der Waals surface area contributed by atoms with Crippen molar-refractivity contribution in [2.24, 2.45) is 0 Å². The highest BCUT2D eigenvalue weighted by Gasteiger charge is 2.46. The first-order valence-electron chi connectivity index (χ1n) is 18.0. The summed E-state index contributed by atoms with van der Waals surface area (Å²) in [6.45, 7) is 1.70. The van der Waals surface area contributed by atoms with Crippen LogP contribution in [-0.4, -0.2) is 85.0 Å². The predicted molar refractivity (Wildman–Crippen MR) is 209 cm³/mol. The molecular formula is C38H39ClFN8O8P. The number of piperidine rings is 2. The number of hydrogen-bond acceptors (Lipinski definition) is 14. The van der Waals surface area contributed by atoms with Gasteiger partial charge in [-0.15, -0.1) is 0 Å². The number of imide groups is 2. The van der Waals surface area contributed by atoms with E-state index in [0.717, 1.165) is 36.5 Å². The summed E-state index contributed by atoms with van der Waals surface area (Å²) in [5.74, 6) is -2.66. The van der Waals surface area contributed by atoms with Crippen molar-refractivity contribution in [3.63, 3.8) is 0 Å². The predicted octanol–water partition coefficient (Wildman–Crippen LogP) is 5.04. The van der Waals surface area contributed by atoms with Crippen molar-refractivity contribution < 1.29 is 41.9 Å². The Balaban J connectivity index is 0.965. The van der Waals surface area contributed by atoms with Crippen LogP contribution in [0.15, 0.2) is 60.8 Å². The van der Waals surface area contributed by atoms with Crippen molar-refractivity contribution >= 4 is 77.0 Å². The number of aromatic nitrogens is 2. The molecule has 4 amide bonds. The molecule has 0 spiro atoms. The van der Waals surface area contributed by atoms with Gasteiger partial charge in [-0.3, -0.25) is 34.0 Å². The maximum Gasteiger partial charge on any atom is 0.362 e. The molecule has 0 radical (unpaired) electrons. The van der Waals surface area contributed by atoms with Crippen molar-refractivity contribution in [1.29, 1.82) is 0 Å². The molecule has 19 heteroatoms. The van der Waals surface area contributed by atoms with E-state index in [4.69, 9.17) is 25.4 Å². The van der Waals surface area contributed by atoms with Gasteiger partial charge in [0.1, 0.15) is 22.6 Å². The van der Waals surface area contributed by atoms with Gasteiger partial charge in [-0.2, -0.15) is 4.98 Å². The lowest BCUT2D eigenvalue weighted by atomic mass is 10.0. The molecule has 1 aromatic heterocycles. The van der Waals surface area contributed by atoms with Crippen LogP contribution < -0.4 is 36.2 Å². The quantitative estimate of drug-likeness (QED) is 0.104. The summed E-state index contributed by atoms with van der Waals surface area (Å²) in [5.41, 5.74) is 2.03. The minimum Gasteiger partial charge on any atom is -0.494 e. The number of rotatable bonds is 13. The third-order valence-corrected chi connectivity index (χ3v) is 12.3. The lowest BCUT2D eigenvalue weighted by Gasteiger charge is -2.34. The number of halogens is 2. The Kier molecular flexibility index (Phi) is 11.6. The first-order valence-corrected chi connectivity index (χ1v) is 19.9.